The number of para-hydroxylation sites is 1. The lowest BCUT2D eigenvalue weighted by Gasteiger charge is -2.35. The lowest BCUT2D eigenvalue weighted by atomic mass is 9.76. The average molecular weight is 268 g/mol. The zero-order valence-electron chi connectivity index (χ0n) is 12.5. The first-order valence-electron chi connectivity index (χ1n) is 7.89. The Kier molecular flexibility index (Phi) is 4.02. The molecule has 1 fully saturated rings. The minimum absolute atomic E-state index is 0.496. The lowest BCUT2D eigenvalue weighted by molar-refractivity contribution is 0.232. The van der Waals surface area contributed by atoms with Crippen LogP contribution in [0.5, 0.6) is 0 Å². The summed E-state index contributed by atoms with van der Waals surface area (Å²) in [4.78, 5) is 4.67. The van der Waals surface area contributed by atoms with Crippen molar-refractivity contribution in [1.82, 2.24) is 10.3 Å². The molecule has 0 aliphatic heterocycles. The van der Waals surface area contributed by atoms with Crippen molar-refractivity contribution in [3.05, 3.63) is 41.6 Å². The standard InChI is InChI=1S/C18H24N2/c1-3-11-19-18(14-7-6-8-14)16-12-13(2)20-17-10-5-4-9-15(16)17/h4-5,9-10,12,14,18-19H,3,6-8,11H2,1-2H3. The van der Waals surface area contributed by atoms with Gasteiger partial charge in [0, 0.05) is 17.1 Å². The Morgan fingerprint density at radius 1 is 1.30 bits per heavy atom. The molecule has 2 nitrogen and oxygen atoms in total. The fourth-order valence-corrected chi connectivity index (χ4v) is 3.20. The molecule has 0 bridgehead atoms. The van der Waals surface area contributed by atoms with Gasteiger partial charge in [-0.1, -0.05) is 31.5 Å². The maximum absolute atomic E-state index is 4.67. The van der Waals surface area contributed by atoms with Gasteiger partial charge in [-0.05, 0) is 56.3 Å². The molecular formula is C18H24N2. The molecule has 1 aromatic carbocycles. The molecule has 1 aliphatic carbocycles. The molecule has 20 heavy (non-hydrogen) atoms. The fraction of sp³-hybridized carbons (Fsp3) is 0.500. The predicted octanol–water partition coefficient (Wildman–Crippen LogP) is 4.38. The Morgan fingerprint density at radius 2 is 2.10 bits per heavy atom. The van der Waals surface area contributed by atoms with Crippen LogP contribution in [0.15, 0.2) is 30.3 Å². The van der Waals surface area contributed by atoms with Gasteiger partial charge in [0.05, 0.1) is 5.52 Å². The summed E-state index contributed by atoms with van der Waals surface area (Å²) >= 11 is 0. The molecule has 0 spiro atoms. The molecular weight excluding hydrogens is 244 g/mol. The largest absolute Gasteiger partial charge is 0.310 e. The van der Waals surface area contributed by atoms with Gasteiger partial charge in [-0.2, -0.15) is 0 Å². The molecule has 1 aliphatic rings. The van der Waals surface area contributed by atoms with Gasteiger partial charge in [0.25, 0.3) is 0 Å². The van der Waals surface area contributed by atoms with E-state index in [1.807, 2.05) is 0 Å². The number of nitrogens with one attached hydrogen (secondary N) is 1. The highest BCUT2D eigenvalue weighted by Gasteiger charge is 2.29. The van der Waals surface area contributed by atoms with E-state index in [1.54, 1.807) is 0 Å². The van der Waals surface area contributed by atoms with Crippen molar-refractivity contribution in [2.75, 3.05) is 6.54 Å². The van der Waals surface area contributed by atoms with E-state index < -0.39 is 0 Å². The summed E-state index contributed by atoms with van der Waals surface area (Å²) in [5.41, 5.74) is 3.71. The van der Waals surface area contributed by atoms with Crippen molar-refractivity contribution in [2.24, 2.45) is 5.92 Å². The lowest BCUT2D eigenvalue weighted by Crippen LogP contribution is -2.33. The van der Waals surface area contributed by atoms with E-state index >= 15 is 0 Å². The van der Waals surface area contributed by atoms with Crippen molar-refractivity contribution in [2.45, 2.75) is 45.6 Å². The SMILES string of the molecule is CCCNC(c1cc(C)nc2ccccc12)C1CCC1. The summed E-state index contributed by atoms with van der Waals surface area (Å²) in [6.45, 7) is 5.44. The molecule has 1 unspecified atom stereocenters. The summed E-state index contributed by atoms with van der Waals surface area (Å²) in [5.74, 6) is 0.798. The van der Waals surface area contributed by atoms with Crippen LogP contribution in [0.1, 0.15) is 49.9 Å². The summed E-state index contributed by atoms with van der Waals surface area (Å²) < 4.78 is 0. The first kappa shape index (κ1) is 13.6. The zero-order valence-corrected chi connectivity index (χ0v) is 12.5. The number of rotatable bonds is 5. The number of aromatic nitrogens is 1. The first-order valence-corrected chi connectivity index (χ1v) is 7.89. The third-order valence-electron chi connectivity index (χ3n) is 4.45. The molecule has 1 N–H and O–H groups in total. The summed E-state index contributed by atoms with van der Waals surface area (Å²) in [6.07, 6.45) is 5.29. The normalized spacial score (nSPS) is 17.1. The van der Waals surface area contributed by atoms with Crippen LogP contribution in [0.3, 0.4) is 0 Å². The van der Waals surface area contributed by atoms with Gasteiger partial charge in [0.1, 0.15) is 0 Å². The van der Waals surface area contributed by atoms with Gasteiger partial charge in [0.15, 0.2) is 0 Å². The van der Waals surface area contributed by atoms with E-state index in [0.717, 1.165) is 23.7 Å². The van der Waals surface area contributed by atoms with Crippen molar-refractivity contribution in [3.63, 3.8) is 0 Å². The van der Waals surface area contributed by atoms with Crippen LogP contribution in [-0.4, -0.2) is 11.5 Å². The molecule has 0 radical (unpaired) electrons. The maximum atomic E-state index is 4.67. The number of pyridine rings is 1. The Bertz CT molecular complexity index is 587. The summed E-state index contributed by atoms with van der Waals surface area (Å²) in [6, 6.07) is 11.3. The number of nitrogens with zero attached hydrogens (tertiary/aromatic N) is 1. The number of aryl methyl sites for hydroxylation is 1. The average Bonchev–Trinajstić information content (AvgIpc) is 2.40. The minimum atomic E-state index is 0.496. The summed E-state index contributed by atoms with van der Waals surface area (Å²) in [7, 11) is 0. The fourth-order valence-electron chi connectivity index (χ4n) is 3.20. The second-order valence-electron chi connectivity index (χ2n) is 5.99. The van der Waals surface area contributed by atoms with Crippen molar-refractivity contribution in [1.29, 1.82) is 0 Å². The zero-order chi connectivity index (χ0) is 13.9. The van der Waals surface area contributed by atoms with E-state index in [1.165, 1.54) is 36.6 Å². The van der Waals surface area contributed by atoms with Gasteiger partial charge >= 0.3 is 0 Å². The van der Waals surface area contributed by atoms with Crippen LogP contribution in [0, 0.1) is 12.8 Å². The molecule has 0 amide bonds. The van der Waals surface area contributed by atoms with E-state index in [2.05, 4.69) is 54.5 Å². The molecule has 3 rings (SSSR count). The second kappa shape index (κ2) is 5.92. The van der Waals surface area contributed by atoms with Crippen LogP contribution < -0.4 is 5.32 Å². The van der Waals surface area contributed by atoms with Gasteiger partial charge in [-0.15, -0.1) is 0 Å². The molecule has 2 heteroatoms. The van der Waals surface area contributed by atoms with Gasteiger partial charge in [-0.3, -0.25) is 4.98 Å². The van der Waals surface area contributed by atoms with Crippen LogP contribution >= 0.6 is 0 Å². The smallest absolute Gasteiger partial charge is 0.0708 e. The Balaban J connectivity index is 2.04. The Morgan fingerprint density at radius 3 is 2.80 bits per heavy atom. The minimum Gasteiger partial charge on any atom is -0.310 e. The maximum Gasteiger partial charge on any atom is 0.0708 e. The van der Waals surface area contributed by atoms with Crippen molar-refractivity contribution < 1.29 is 0 Å². The number of hydrogen-bond donors (Lipinski definition) is 1. The number of hydrogen-bond acceptors (Lipinski definition) is 2. The van der Waals surface area contributed by atoms with Gasteiger partial charge in [0.2, 0.25) is 0 Å². The highest BCUT2D eigenvalue weighted by molar-refractivity contribution is 5.82. The molecule has 1 atom stereocenters. The third kappa shape index (κ3) is 2.57. The third-order valence-corrected chi connectivity index (χ3v) is 4.45. The van der Waals surface area contributed by atoms with Crippen LogP contribution in [-0.2, 0) is 0 Å². The quantitative estimate of drug-likeness (QED) is 0.870. The first-order chi connectivity index (χ1) is 9.79. The van der Waals surface area contributed by atoms with Crippen LogP contribution in [0.2, 0.25) is 0 Å². The van der Waals surface area contributed by atoms with Gasteiger partial charge < -0.3 is 5.32 Å². The Labute approximate surface area is 121 Å². The van der Waals surface area contributed by atoms with Crippen molar-refractivity contribution >= 4 is 10.9 Å². The van der Waals surface area contributed by atoms with Crippen molar-refractivity contribution in [3.8, 4) is 0 Å². The molecule has 2 aromatic rings. The molecule has 0 saturated heterocycles. The predicted molar refractivity (Wildman–Crippen MR) is 84.9 cm³/mol. The molecule has 1 heterocycles. The Hall–Kier alpha value is -1.41. The highest BCUT2D eigenvalue weighted by atomic mass is 14.9. The van der Waals surface area contributed by atoms with E-state index in [4.69, 9.17) is 0 Å². The topological polar surface area (TPSA) is 24.9 Å². The number of fused-ring (bicyclic) bond motifs is 1. The van der Waals surface area contributed by atoms with Gasteiger partial charge in [-0.25, -0.2) is 0 Å². The van der Waals surface area contributed by atoms with E-state index in [0.29, 0.717) is 6.04 Å². The molecule has 106 valence electrons. The molecule has 1 aromatic heterocycles. The second-order valence-corrected chi connectivity index (χ2v) is 5.99. The van der Waals surface area contributed by atoms with Crippen LogP contribution in [0.4, 0.5) is 0 Å². The monoisotopic (exact) mass is 268 g/mol. The van der Waals surface area contributed by atoms with E-state index in [9.17, 15) is 0 Å². The molecule has 1 saturated carbocycles. The highest BCUT2D eigenvalue weighted by Crippen LogP contribution is 2.39. The summed E-state index contributed by atoms with van der Waals surface area (Å²) in [5, 5.41) is 5.10. The van der Waals surface area contributed by atoms with Crippen LogP contribution in [0.25, 0.3) is 10.9 Å². The van der Waals surface area contributed by atoms with E-state index in [-0.39, 0.29) is 0 Å². The number of benzene rings is 1.